The summed E-state index contributed by atoms with van der Waals surface area (Å²) >= 11 is 0. The molecule has 4 rings (SSSR count). The van der Waals surface area contributed by atoms with Crippen LogP contribution in [0.1, 0.15) is 52.4 Å². The summed E-state index contributed by atoms with van der Waals surface area (Å²) in [6, 6.07) is 0. The second-order valence-corrected chi connectivity index (χ2v) is 9.70. The number of aliphatic hydroxyl groups is 4. The van der Waals surface area contributed by atoms with Crippen LogP contribution in [0.2, 0.25) is 0 Å². The predicted octanol–water partition coefficient (Wildman–Crippen LogP) is 0.752. The number of fused-ring (bicyclic) bond motifs is 5. The van der Waals surface area contributed by atoms with Crippen molar-refractivity contribution in [3.05, 3.63) is 11.6 Å². The van der Waals surface area contributed by atoms with Crippen molar-refractivity contribution in [3.63, 3.8) is 0 Å². The van der Waals surface area contributed by atoms with Crippen LogP contribution >= 0.6 is 0 Å². The maximum Gasteiger partial charge on any atom is 0.190 e. The highest BCUT2D eigenvalue weighted by Gasteiger charge is 2.68. The third kappa shape index (κ3) is 2.33. The van der Waals surface area contributed by atoms with Gasteiger partial charge in [0.1, 0.15) is 12.2 Å². The number of Topliss-reactive ketones (excluding diaryl/α,β-unsaturated/α-hetero) is 1. The van der Waals surface area contributed by atoms with Gasteiger partial charge in [0.25, 0.3) is 0 Å². The molecule has 0 aromatic heterocycles. The lowest BCUT2D eigenvalue weighted by molar-refractivity contribution is -0.187. The van der Waals surface area contributed by atoms with Gasteiger partial charge in [-0.3, -0.25) is 9.59 Å². The van der Waals surface area contributed by atoms with E-state index in [2.05, 4.69) is 0 Å². The van der Waals surface area contributed by atoms with Crippen molar-refractivity contribution in [2.75, 3.05) is 6.61 Å². The number of ketones is 2. The molecule has 0 aromatic carbocycles. The summed E-state index contributed by atoms with van der Waals surface area (Å²) in [5, 5.41) is 42.6. The maximum atomic E-state index is 12.4. The van der Waals surface area contributed by atoms with Gasteiger partial charge in [-0.25, -0.2) is 0 Å². The van der Waals surface area contributed by atoms with E-state index in [9.17, 15) is 30.0 Å². The summed E-state index contributed by atoms with van der Waals surface area (Å²) in [6.45, 7) is 3.18. The second kappa shape index (κ2) is 5.96. The monoisotopic (exact) mass is 378 g/mol. The zero-order valence-electron chi connectivity index (χ0n) is 16.0. The molecule has 4 aliphatic carbocycles. The summed E-state index contributed by atoms with van der Waals surface area (Å²) in [5.41, 5.74) is -2.17. The van der Waals surface area contributed by atoms with Crippen LogP contribution in [0.5, 0.6) is 0 Å². The lowest BCUT2D eigenvalue weighted by Crippen LogP contribution is -2.63. The van der Waals surface area contributed by atoms with Crippen LogP contribution in [0.15, 0.2) is 11.6 Å². The van der Waals surface area contributed by atoms with E-state index in [-0.39, 0.29) is 36.4 Å². The molecule has 0 unspecified atom stereocenters. The standard InChI is InChI=1S/C21H30O6/c1-19-5-3-11(23)7-14(19)15(24)8-12-13-4-6-21(27,17(26)10-22)20(13,2)9-16(25)18(12)19/h7,12-13,15-16,18,22,24-25,27H,3-6,8-10H2,1-2H3/t12-,13-,15-,16-,18+,19-,20-,21-/m0/s1. The molecule has 0 spiro atoms. The fraction of sp³-hybridized carbons (Fsp3) is 0.810. The summed E-state index contributed by atoms with van der Waals surface area (Å²) in [5.74, 6) is -0.713. The summed E-state index contributed by atoms with van der Waals surface area (Å²) in [4.78, 5) is 24.3. The van der Waals surface area contributed by atoms with Crippen molar-refractivity contribution < 1.29 is 30.0 Å². The Kier molecular flexibility index (Phi) is 4.25. The van der Waals surface area contributed by atoms with Gasteiger partial charge in [-0.15, -0.1) is 0 Å². The molecule has 150 valence electrons. The van der Waals surface area contributed by atoms with Crippen molar-refractivity contribution >= 4 is 11.6 Å². The lowest BCUT2D eigenvalue weighted by Gasteiger charge is -2.61. The molecule has 6 nitrogen and oxygen atoms in total. The number of hydrogen-bond donors (Lipinski definition) is 4. The van der Waals surface area contributed by atoms with Gasteiger partial charge in [0, 0.05) is 11.8 Å². The third-order valence-electron chi connectivity index (χ3n) is 8.67. The molecular formula is C21H30O6. The van der Waals surface area contributed by atoms with Gasteiger partial charge in [0.2, 0.25) is 0 Å². The van der Waals surface area contributed by atoms with Crippen molar-refractivity contribution in [1.29, 1.82) is 0 Å². The van der Waals surface area contributed by atoms with E-state index in [0.29, 0.717) is 25.7 Å². The van der Waals surface area contributed by atoms with E-state index >= 15 is 0 Å². The smallest absolute Gasteiger partial charge is 0.190 e. The van der Waals surface area contributed by atoms with Gasteiger partial charge < -0.3 is 20.4 Å². The molecule has 4 aliphatic rings. The minimum atomic E-state index is -1.64. The Morgan fingerprint density at radius 1 is 1.26 bits per heavy atom. The van der Waals surface area contributed by atoms with E-state index in [0.717, 1.165) is 5.57 Å². The molecule has 3 saturated carbocycles. The molecule has 6 heteroatoms. The molecule has 0 amide bonds. The second-order valence-electron chi connectivity index (χ2n) is 9.70. The highest BCUT2D eigenvalue weighted by Crippen LogP contribution is 2.67. The van der Waals surface area contributed by atoms with Gasteiger partial charge in [0.15, 0.2) is 11.6 Å². The van der Waals surface area contributed by atoms with Crippen molar-refractivity contribution in [2.24, 2.45) is 28.6 Å². The molecule has 27 heavy (non-hydrogen) atoms. The average Bonchev–Trinajstić information content (AvgIpc) is 2.87. The van der Waals surface area contributed by atoms with Crippen LogP contribution < -0.4 is 0 Å². The van der Waals surface area contributed by atoms with Gasteiger partial charge >= 0.3 is 0 Å². The summed E-state index contributed by atoms with van der Waals surface area (Å²) < 4.78 is 0. The molecule has 4 N–H and O–H groups in total. The van der Waals surface area contributed by atoms with Gasteiger partial charge in [-0.1, -0.05) is 13.8 Å². The highest BCUT2D eigenvalue weighted by atomic mass is 16.3. The fourth-order valence-electron chi connectivity index (χ4n) is 7.33. The van der Waals surface area contributed by atoms with Crippen LogP contribution in [0, 0.1) is 28.6 Å². The minimum Gasteiger partial charge on any atom is -0.393 e. The van der Waals surface area contributed by atoms with Gasteiger partial charge in [-0.2, -0.15) is 0 Å². The third-order valence-corrected chi connectivity index (χ3v) is 8.67. The molecule has 0 aliphatic heterocycles. The summed E-state index contributed by atoms with van der Waals surface area (Å²) in [6.07, 6.45) is 2.75. The van der Waals surface area contributed by atoms with Crippen LogP contribution in [0.25, 0.3) is 0 Å². The first-order valence-electron chi connectivity index (χ1n) is 10.1. The van der Waals surface area contributed by atoms with Crippen LogP contribution in [-0.4, -0.2) is 56.4 Å². The van der Waals surface area contributed by atoms with Crippen LogP contribution in [0.4, 0.5) is 0 Å². The number of carbonyl (C=O) groups excluding carboxylic acids is 2. The number of aliphatic hydroxyl groups excluding tert-OH is 3. The lowest BCUT2D eigenvalue weighted by atomic mass is 9.45. The van der Waals surface area contributed by atoms with E-state index in [1.165, 1.54) is 0 Å². The Morgan fingerprint density at radius 3 is 2.63 bits per heavy atom. The van der Waals surface area contributed by atoms with Crippen LogP contribution in [0.3, 0.4) is 0 Å². The molecule has 0 heterocycles. The van der Waals surface area contributed by atoms with Crippen molar-refractivity contribution in [1.82, 2.24) is 0 Å². The Balaban J connectivity index is 1.77. The Hall–Kier alpha value is -1.08. The Morgan fingerprint density at radius 2 is 1.96 bits per heavy atom. The first-order chi connectivity index (χ1) is 12.6. The topological polar surface area (TPSA) is 115 Å². The van der Waals surface area contributed by atoms with E-state index in [1.54, 1.807) is 6.08 Å². The molecule has 0 radical (unpaired) electrons. The zero-order chi connectivity index (χ0) is 19.8. The predicted molar refractivity (Wildman–Crippen MR) is 96.5 cm³/mol. The van der Waals surface area contributed by atoms with Gasteiger partial charge in [0.05, 0.1) is 12.2 Å². The first kappa shape index (κ1) is 19.2. The summed E-state index contributed by atoms with van der Waals surface area (Å²) in [7, 11) is 0. The molecule has 3 fully saturated rings. The largest absolute Gasteiger partial charge is 0.393 e. The van der Waals surface area contributed by atoms with Crippen molar-refractivity contribution in [2.45, 2.75) is 70.2 Å². The number of rotatable bonds is 2. The minimum absolute atomic E-state index is 0.0166. The molecule has 0 bridgehead atoms. The average molecular weight is 378 g/mol. The van der Waals surface area contributed by atoms with E-state index < -0.39 is 41.0 Å². The fourth-order valence-corrected chi connectivity index (χ4v) is 7.33. The highest BCUT2D eigenvalue weighted by molar-refractivity contribution is 5.92. The normalized spacial score (nSPS) is 51.9. The molecule has 0 saturated heterocycles. The Bertz CT molecular complexity index is 715. The van der Waals surface area contributed by atoms with Crippen molar-refractivity contribution in [3.8, 4) is 0 Å². The molecular weight excluding hydrogens is 348 g/mol. The number of hydrogen-bond acceptors (Lipinski definition) is 6. The number of carbonyl (C=O) groups is 2. The molecule has 8 atom stereocenters. The molecule has 0 aromatic rings. The quantitative estimate of drug-likeness (QED) is 0.564. The van der Waals surface area contributed by atoms with Crippen LogP contribution in [-0.2, 0) is 9.59 Å². The SMILES string of the molecule is C[C@]12CCC(=O)C=C1[C@@H](O)C[C@@H]1[C@@H]2[C@@H](O)C[C@@]2(C)[C@H]1CC[C@]2(O)C(=O)CO. The Labute approximate surface area is 159 Å². The van der Waals surface area contributed by atoms with E-state index in [4.69, 9.17) is 0 Å². The first-order valence-corrected chi connectivity index (χ1v) is 10.1. The zero-order valence-corrected chi connectivity index (χ0v) is 16.0. The maximum absolute atomic E-state index is 12.4. The van der Waals surface area contributed by atoms with E-state index in [1.807, 2.05) is 13.8 Å². The van der Waals surface area contributed by atoms with Gasteiger partial charge in [-0.05, 0) is 66.9 Å².